The van der Waals surface area contributed by atoms with E-state index in [0.717, 1.165) is 5.56 Å². The number of carbonyl (C=O) groups is 2. The third-order valence-corrected chi connectivity index (χ3v) is 10.5. The van der Waals surface area contributed by atoms with Crippen molar-refractivity contribution in [3.8, 4) is 69.0 Å². The second-order valence-corrected chi connectivity index (χ2v) is 14.5. The first-order valence-electron chi connectivity index (χ1n) is 18.5. The molecule has 12 nitrogen and oxygen atoms in total. The Bertz CT molecular complexity index is 2590. The van der Waals surface area contributed by atoms with E-state index in [4.69, 9.17) is 73.1 Å². The van der Waals surface area contributed by atoms with Crippen LogP contribution in [0.2, 0.25) is 15.1 Å². The SMILES string of the molecule is COc1cc(OC)c2c(c1)Oc1cccc(Cl)c1CC2=O.COc1ccc(Oc2cccc(Cl)c2CC(=O)O)cc1OC.Oc1cc(O)c2c(c1)Oc1cccc(Cl)c1CC2. The number of carbonyl (C=O) groups excluding carboxylic acids is 1. The van der Waals surface area contributed by atoms with Crippen molar-refractivity contribution >= 4 is 46.6 Å². The topological polar surface area (TPSA) is 159 Å². The molecule has 0 aliphatic carbocycles. The van der Waals surface area contributed by atoms with Gasteiger partial charge in [-0.05, 0) is 61.4 Å². The number of Topliss-reactive ketones (excluding diaryl/α,β-unsaturated/α-hetero) is 1. The molecule has 316 valence electrons. The van der Waals surface area contributed by atoms with Gasteiger partial charge in [0.2, 0.25) is 0 Å². The molecule has 6 aromatic rings. The number of rotatable bonds is 8. The lowest BCUT2D eigenvalue weighted by atomic mass is 10.0. The highest BCUT2D eigenvalue weighted by atomic mass is 35.5. The molecule has 0 aromatic heterocycles. The zero-order chi connectivity index (χ0) is 43.8. The van der Waals surface area contributed by atoms with Gasteiger partial charge in [0.25, 0.3) is 0 Å². The molecule has 0 bridgehead atoms. The number of halogens is 3. The zero-order valence-electron chi connectivity index (χ0n) is 33.2. The molecule has 2 aliphatic heterocycles. The Kier molecular flexibility index (Phi) is 14.3. The van der Waals surface area contributed by atoms with Crippen LogP contribution in [0.5, 0.6) is 69.0 Å². The quantitative estimate of drug-likeness (QED) is 0.133. The summed E-state index contributed by atoms with van der Waals surface area (Å²) in [6.07, 6.45) is 1.27. The molecule has 0 atom stereocenters. The van der Waals surface area contributed by atoms with Gasteiger partial charge in [0.15, 0.2) is 17.3 Å². The summed E-state index contributed by atoms with van der Waals surface area (Å²) in [5.41, 5.74) is 3.13. The number of phenolic OH excluding ortho intramolecular Hbond substituents is 2. The van der Waals surface area contributed by atoms with Crippen molar-refractivity contribution in [2.24, 2.45) is 0 Å². The standard InChI is InChI=1S/C16H15ClO5.C16H13ClO4.C14H11ClO3/c1-20-14-7-6-10(8-15(14)21-2)22-13-5-3-4-12(17)11(13)9-16(18)19;1-19-9-6-14(20-2)16-12(18)8-10-11(17)4-3-5-13(10)21-15(16)7-9;15-11-2-1-3-13-9(11)4-5-10-12(17)6-8(16)7-14(10)18-13/h3-8H,9H2,1-2H3,(H,18,19);3-7H,8H2,1-2H3;1-3,6-7,16-17H,4-5H2. The molecular formula is C46H39Cl3O12. The van der Waals surface area contributed by atoms with E-state index in [1.54, 1.807) is 80.9 Å². The van der Waals surface area contributed by atoms with Crippen LogP contribution in [0.4, 0.5) is 0 Å². The molecule has 0 saturated carbocycles. The number of ketones is 1. The maximum absolute atomic E-state index is 12.5. The number of hydrogen-bond acceptors (Lipinski definition) is 11. The van der Waals surface area contributed by atoms with Gasteiger partial charge in [-0.3, -0.25) is 9.59 Å². The summed E-state index contributed by atoms with van der Waals surface area (Å²) < 4.78 is 38.2. The van der Waals surface area contributed by atoms with Crippen LogP contribution in [0, 0.1) is 0 Å². The van der Waals surface area contributed by atoms with Crippen LogP contribution in [0.15, 0.2) is 97.1 Å². The van der Waals surface area contributed by atoms with Gasteiger partial charge in [-0.1, -0.05) is 53.0 Å². The predicted octanol–water partition coefficient (Wildman–Crippen LogP) is 11.3. The number of aromatic hydroxyl groups is 2. The van der Waals surface area contributed by atoms with Crippen LogP contribution in [0.25, 0.3) is 0 Å². The summed E-state index contributed by atoms with van der Waals surface area (Å²) in [7, 11) is 6.12. The summed E-state index contributed by atoms with van der Waals surface area (Å²) in [6.45, 7) is 0. The lowest BCUT2D eigenvalue weighted by Crippen LogP contribution is -2.05. The molecule has 8 rings (SSSR count). The van der Waals surface area contributed by atoms with Gasteiger partial charge in [-0.2, -0.15) is 0 Å². The highest BCUT2D eigenvalue weighted by molar-refractivity contribution is 6.32. The van der Waals surface area contributed by atoms with E-state index >= 15 is 0 Å². The molecule has 3 N–H and O–H groups in total. The number of phenols is 2. The van der Waals surface area contributed by atoms with Crippen molar-refractivity contribution in [3.63, 3.8) is 0 Å². The Balaban J connectivity index is 0.000000154. The number of ether oxygens (including phenoxy) is 7. The minimum Gasteiger partial charge on any atom is -0.508 e. The van der Waals surface area contributed by atoms with E-state index in [-0.39, 0.29) is 30.1 Å². The van der Waals surface area contributed by atoms with Crippen LogP contribution in [0.1, 0.15) is 32.6 Å². The van der Waals surface area contributed by atoms with E-state index in [9.17, 15) is 19.8 Å². The van der Waals surface area contributed by atoms with Crippen molar-refractivity contribution in [2.45, 2.75) is 25.7 Å². The second kappa shape index (κ2) is 19.7. The van der Waals surface area contributed by atoms with Gasteiger partial charge in [0.05, 0.1) is 34.9 Å². The van der Waals surface area contributed by atoms with Gasteiger partial charge >= 0.3 is 5.97 Å². The minimum absolute atomic E-state index is 0.0169. The van der Waals surface area contributed by atoms with Crippen LogP contribution >= 0.6 is 34.8 Å². The average molecular weight is 890 g/mol. The highest BCUT2D eigenvalue weighted by Gasteiger charge is 2.27. The Morgan fingerprint density at radius 2 is 1.21 bits per heavy atom. The number of fused-ring (bicyclic) bond motifs is 4. The normalized spacial score (nSPS) is 12.0. The number of hydrogen-bond donors (Lipinski definition) is 3. The molecule has 0 saturated heterocycles. The van der Waals surface area contributed by atoms with Crippen LogP contribution in [-0.4, -0.2) is 55.5 Å². The molecule has 6 aromatic carbocycles. The van der Waals surface area contributed by atoms with Crippen molar-refractivity contribution in [2.75, 3.05) is 28.4 Å². The fourth-order valence-corrected chi connectivity index (χ4v) is 7.27. The summed E-state index contributed by atoms with van der Waals surface area (Å²) in [5.74, 6) is 4.05. The smallest absolute Gasteiger partial charge is 0.308 e. The summed E-state index contributed by atoms with van der Waals surface area (Å²) in [4.78, 5) is 23.5. The van der Waals surface area contributed by atoms with E-state index in [0.29, 0.717) is 108 Å². The van der Waals surface area contributed by atoms with E-state index in [2.05, 4.69) is 0 Å². The third-order valence-electron chi connectivity index (χ3n) is 9.48. The van der Waals surface area contributed by atoms with Crippen LogP contribution in [-0.2, 0) is 30.5 Å². The highest BCUT2D eigenvalue weighted by Crippen LogP contribution is 2.44. The van der Waals surface area contributed by atoms with Gasteiger partial charge in [0, 0.05) is 74.1 Å². The largest absolute Gasteiger partial charge is 0.508 e. The number of carboxylic acids is 1. The Hall–Kier alpha value is -6.47. The molecule has 0 amide bonds. The maximum atomic E-state index is 12.5. The lowest BCUT2D eigenvalue weighted by molar-refractivity contribution is -0.136. The molecule has 15 heteroatoms. The maximum Gasteiger partial charge on any atom is 0.308 e. The summed E-state index contributed by atoms with van der Waals surface area (Å²) in [5, 5.41) is 29.8. The third kappa shape index (κ3) is 10.3. The Labute approximate surface area is 366 Å². The average Bonchev–Trinajstić information content (AvgIpc) is 3.52. The van der Waals surface area contributed by atoms with Gasteiger partial charge < -0.3 is 48.5 Å². The number of methoxy groups -OCH3 is 4. The van der Waals surface area contributed by atoms with Crippen LogP contribution in [0.3, 0.4) is 0 Å². The monoisotopic (exact) mass is 888 g/mol. The molecule has 2 aliphatic rings. The van der Waals surface area contributed by atoms with Crippen molar-refractivity contribution < 1.29 is 58.1 Å². The Morgan fingerprint density at radius 1 is 0.607 bits per heavy atom. The number of carboxylic acid groups (broad SMARTS) is 1. The first-order chi connectivity index (χ1) is 29.3. The molecule has 61 heavy (non-hydrogen) atoms. The van der Waals surface area contributed by atoms with Crippen molar-refractivity contribution in [3.05, 3.63) is 140 Å². The first-order valence-corrected chi connectivity index (χ1v) is 19.6. The Morgan fingerprint density at radius 3 is 1.89 bits per heavy atom. The van der Waals surface area contributed by atoms with Gasteiger partial charge in [-0.15, -0.1) is 0 Å². The fraction of sp³-hybridized carbons (Fsp3) is 0.174. The van der Waals surface area contributed by atoms with Gasteiger partial charge in [-0.25, -0.2) is 0 Å². The predicted molar refractivity (Wildman–Crippen MR) is 230 cm³/mol. The van der Waals surface area contributed by atoms with Crippen molar-refractivity contribution in [1.82, 2.24) is 0 Å². The molecule has 0 unspecified atom stereocenters. The molecule has 0 radical (unpaired) electrons. The van der Waals surface area contributed by atoms with E-state index in [1.807, 2.05) is 18.2 Å². The first kappa shape index (κ1) is 44.1. The van der Waals surface area contributed by atoms with Crippen LogP contribution < -0.4 is 33.2 Å². The zero-order valence-corrected chi connectivity index (χ0v) is 35.5. The summed E-state index contributed by atoms with van der Waals surface area (Å²) >= 11 is 18.4. The van der Waals surface area contributed by atoms with Gasteiger partial charge in [0.1, 0.15) is 63.1 Å². The fourth-order valence-electron chi connectivity index (χ4n) is 6.54. The number of aliphatic carboxylic acids is 1. The molecular weight excluding hydrogens is 851 g/mol. The second-order valence-electron chi connectivity index (χ2n) is 13.3. The molecule has 0 fully saturated rings. The van der Waals surface area contributed by atoms with E-state index < -0.39 is 5.97 Å². The lowest BCUT2D eigenvalue weighted by Gasteiger charge is -2.13. The van der Waals surface area contributed by atoms with Crippen molar-refractivity contribution in [1.29, 1.82) is 0 Å². The minimum atomic E-state index is -0.981. The molecule has 0 spiro atoms. The summed E-state index contributed by atoms with van der Waals surface area (Å²) in [6, 6.07) is 27.0. The van der Waals surface area contributed by atoms with E-state index in [1.165, 1.54) is 26.4 Å². The number of benzene rings is 6. The molecule has 2 heterocycles.